The number of amides is 3. The number of hydrogen-bond donors (Lipinski definition) is 3. The fourth-order valence-corrected chi connectivity index (χ4v) is 21.5. The Hall–Kier alpha value is -11.0. The van der Waals surface area contributed by atoms with Crippen molar-refractivity contribution in [3.05, 3.63) is 144 Å². The first-order valence-electron chi connectivity index (χ1n) is 50.6. The number of fused-ring (bicyclic) bond motifs is 5. The first kappa shape index (κ1) is 110. The van der Waals surface area contributed by atoms with Gasteiger partial charge in [-0.25, -0.2) is 43.7 Å². The highest BCUT2D eigenvalue weighted by atomic mass is 31.2. The van der Waals surface area contributed by atoms with Crippen LogP contribution >= 0.6 is 7.37 Å². The number of aliphatic hydroxyl groups excluding tert-OH is 1. The van der Waals surface area contributed by atoms with Crippen LogP contribution in [0.5, 0.6) is 0 Å². The number of pyridine rings is 1. The summed E-state index contributed by atoms with van der Waals surface area (Å²) in [7, 11) is 5.89. The third kappa shape index (κ3) is 28.7. The summed E-state index contributed by atoms with van der Waals surface area (Å²) in [5, 5.41) is 37.6. The molecule has 5 aromatic heterocycles. The Labute approximate surface area is 843 Å². The normalized spacial score (nSPS) is 27.5. The molecular formula is C106H146N15O22P. The number of Topliss-reactive ketones (excluding diaryl/α,β-unsaturated/α-hetero) is 3. The number of ketones is 3. The standard InChI is InChI=1S/C53H84NO14P.C28H32N8O3.C25H30N6O5/c1-32-18-14-13-15-19-33(2)44(63-8)30-40-23-21-38(7)53(61,67-40)50(58)51(59)54-25-17-16-20-41(54)52(60)66-45(35(4)28-39-22-24-43(46(29-39)64-9)68-69(11,12)62)31-42(55)34(3)27-37(6)48(57)49(65-10)47(56)36(5)26-32;1-38-28(37)31-22-6-4-21(5-7-22)25-32-26(35-13-15-39-16-14-35)24-18-30-36(27(24)33-25)23-8-11-34(12-9-23)19-20-3-2-10-29-17-20;1-34-21(32)15-17-3-5-18(6-4-17)22-27-23(29-11-13-36-14-12-29)20-16-26-31(24(20)28-22)19-7-9-30(10-8-19)25(33)35-2/h13-15,18-19,27,32,34-36,38-41,43-46,48-49,57,61H,16-17,20-26,28-31H2,1-12H3;2-7,10,17-18,23H,8-9,11-16,19H2,1H3,(H,31,37);3-6,16,19H,7-15H2,1-2H3/b15-13+,18-14+,33-19+,37-27+;;/t32-,34-,35-,36-,38-,39+,40+,41+,43-,44+,45+,46-,48-,49+,53-;;/m1../s1. The molecule has 3 amide bonds. The van der Waals surface area contributed by atoms with Gasteiger partial charge in [0.15, 0.2) is 36.1 Å². The second-order valence-corrected chi connectivity index (χ2v) is 42.4. The Balaban J connectivity index is 0.000000195. The highest BCUT2D eigenvalue weighted by molar-refractivity contribution is 7.57. The maximum absolute atomic E-state index is 14.5. The van der Waals surface area contributed by atoms with Crippen LogP contribution in [-0.2, 0) is 98.2 Å². The number of likely N-dealkylation sites (tertiary alicyclic amines) is 2. The molecule has 3 N–H and O–H groups in total. The molecule has 782 valence electrons. The number of piperidine rings is 3. The van der Waals surface area contributed by atoms with Crippen molar-refractivity contribution in [3.8, 4) is 22.8 Å². The van der Waals surface area contributed by atoms with E-state index >= 15 is 0 Å². The number of morpholine rings is 2. The Bertz CT molecular complexity index is 5670. The van der Waals surface area contributed by atoms with E-state index in [-0.39, 0.29) is 91.5 Å². The van der Waals surface area contributed by atoms with Crippen molar-refractivity contribution in [2.75, 3.05) is 156 Å². The van der Waals surface area contributed by atoms with Gasteiger partial charge in [0.1, 0.15) is 41.8 Å². The summed E-state index contributed by atoms with van der Waals surface area (Å²) >= 11 is 0. The summed E-state index contributed by atoms with van der Waals surface area (Å²) < 4.78 is 77.8. The molecule has 2 bridgehead atoms. The number of aromatic nitrogens is 9. The van der Waals surface area contributed by atoms with Gasteiger partial charge in [0.2, 0.25) is 5.79 Å². The number of allylic oxidation sites excluding steroid dienone is 6. The van der Waals surface area contributed by atoms with Crippen LogP contribution in [0.4, 0.5) is 26.9 Å². The van der Waals surface area contributed by atoms with Gasteiger partial charge < -0.3 is 81.7 Å². The van der Waals surface area contributed by atoms with E-state index < -0.39 is 91.2 Å². The number of aliphatic hydroxyl groups is 2. The molecule has 0 radical (unpaired) electrons. The van der Waals surface area contributed by atoms with Crippen molar-refractivity contribution in [1.29, 1.82) is 0 Å². The van der Waals surface area contributed by atoms with Gasteiger partial charge in [-0.05, 0) is 174 Å². The summed E-state index contributed by atoms with van der Waals surface area (Å²) in [6, 6.07) is 18.5. The highest BCUT2D eigenvalue weighted by Gasteiger charge is 2.54. The molecule has 0 spiro atoms. The fraction of sp³-hybridized carbons (Fsp3) is 0.594. The molecule has 7 aliphatic heterocycles. The van der Waals surface area contributed by atoms with Crippen LogP contribution in [0.3, 0.4) is 0 Å². The maximum atomic E-state index is 14.5. The molecule has 7 fully saturated rings. The summed E-state index contributed by atoms with van der Waals surface area (Å²) in [5.74, 6) is -5.43. The molecule has 8 aliphatic rings. The van der Waals surface area contributed by atoms with Crippen LogP contribution in [0.1, 0.15) is 174 Å². The lowest BCUT2D eigenvalue weighted by atomic mass is 9.78. The lowest BCUT2D eigenvalue weighted by Crippen LogP contribution is -2.61. The second-order valence-electron chi connectivity index (χ2n) is 39.7. The van der Waals surface area contributed by atoms with Gasteiger partial charge in [0, 0.05) is 160 Å². The van der Waals surface area contributed by atoms with Crippen LogP contribution in [0.2, 0.25) is 0 Å². The molecule has 2 aromatic carbocycles. The number of methoxy groups -OCH3 is 6. The largest absolute Gasteiger partial charge is 0.469 e. The van der Waals surface area contributed by atoms with E-state index in [9.17, 15) is 53.1 Å². The average molecular weight is 2010 g/mol. The Morgan fingerprint density at radius 1 is 0.632 bits per heavy atom. The van der Waals surface area contributed by atoms with E-state index in [2.05, 4.69) is 35.7 Å². The van der Waals surface area contributed by atoms with E-state index in [0.717, 1.165) is 134 Å². The van der Waals surface area contributed by atoms with Gasteiger partial charge in [-0.15, -0.1) is 0 Å². The van der Waals surface area contributed by atoms with Crippen LogP contribution in [0.15, 0.2) is 133 Å². The van der Waals surface area contributed by atoms with Gasteiger partial charge in [0.05, 0.1) is 114 Å². The molecule has 1 saturated carbocycles. The van der Waals surface area contributed by atoms with E-state index in [4.69, 9.17) is 82.0 Å². The lowest BCUT2D eigenvalue weighted by molar-refractivity contribution is -0.265. The predicted molar refractivity (Wildman–Crippen MR) is 543 cm³/mol. The number of nitrogens with zero attached hydrogens (tertiary/aromatic N) is 14. The van der Waals surface area contributed by atoms with E-state index in [0.29, 0.717) is 120 Å². The van der Waals surface area contributed by atoms with Crippen molar-refractivity contribution in [3.63, 3.8) is 0 Å². The topological polar surface area (TPSA) is 424 Å². The van der Waals surface area contributed by atoms with Crippen LogP contribution in [-0.4, -0.2) is 313 Å². The zero-order chi connectivity index (χ0) is 103. The van der Waals surface area contributed by atoms with Crippen molar-refractivity contribution >= 4 is 94.1 Å². The molecule has 144 heavy (non-hydrogen) atoms. The Kier molecular flexibility index (Phi) is 39.7. The SMILES string of the molecule is COC(=O)Cc1ccc(-c2nc(N3CCOCC3)c3cnn(C4CCN(C(=O)OC)CC4)c3n2)cc1.COC(=O)Nc1ccc(-c2nc(N3CCOCC3)c3cnn(C4CCN(Cc5cccnc5)CC4)c3n2)cc1.CO[C@H]1C[C@@H]2CC[C@@H](C)[C@@](O)(O2)C(=O)C(=O)N2CCCC[C@H]2C(=O)O[C@H]([C@H](C)C[C@@H]2CC[C@@H](OP(C)(C)=O)[C@H](OC)C2)CC(=O)[C@H](C)/C=C(\C)[C@@H](O)[C@@H](OC)C(=O)[C@H](C)C[C@H](C)/C=C/C=C/C=C/1C. The van der Waals surface area contributed by atoms with Gasteiger partial charge in [-0.2, -0.15) is 10.2 Å². The molecule has 1 aliphatic carbocycles. The molecule has 0 unspecified atom stereocenters. The smallest absolute Gasteiger partial charge is 0.411 e. The molecule has 7 aromatic rings. The van der Waals surface area contributed by atoms with E-state index in [1.165, 1.54) is 38.9 Å². The summed E-state index contributed by atoms with van der Waals surface area (Å²) in [5.41, 5.74) is 7.34. The number of esters is 2. The summed E-state index contributed by atoms with van der Waals surface area (Å²) in [4.78, 5) is 140. The van der Waals surface area contributed by atoms with Gasteiger partial charge in [0.25, 0.3) is 11.7 Å². The van der Waals surface area contributed by atoms with E-state index in [1.54, 1.807) is 59.3 Å². The number of rotatable bonds is 19. The molecular weight excluding hydrogens is 1870 g/mol. The molecule has 6 saturated heterocycles. The number of carbonyl (C=O) groups excluding carboxylic acids is 8. The van der Waals surface area contributed by atoms with Gasteiger partial charge >= 0.3 is 24.1 Å². The Morgan fingerprint density at radius 3 is 1.82 bits per heavy atom. The molecule has 15 atom stereocenters. The molecule has 15 rings (SSSR count). The third-order valence-electron chi connectivity index (χ3n) is 29.0. The maximum Gasteiger partial charge on any atom is 0.411 e. The molecule has 12 heterocycles. The number of ether oxygens (including phenoxy) is 10. The molecule has 37 nitrogen and oxygen atoms in total. The predicted octanol–water partition coefficient (Wildman–Crippen LogP) is 13.9. The van der Waals surface area contributed by atoms with Crippen molar-refractivity contribution in [2.45, 2.75) is 231 Å². The van der Waals surface area contributed by atoms with Crippen molar-refractivity contribution in [1.82, 2.24) is 59.2 Å². The van der Waals surface area contributed by atoms with Crippen LogP contribution in [0.25, 0.3) is 44.8 Å². The fourth-order valence-electron chi connectivity index (χ4n) is 20.6. The minimum Gasteiger partial charge on any atom is -0.469 e. The first-order chi connectivity index (χ1) is 69.2. The quantitative estimate of drug-likeness (QED) is 0.0222. The molecule has 38 heteroatoms. The van der Waals surface area contributed by atoms with Crippen molar-refractivity contribution in [2.24, 2.45) is 35.5 Å². The van der Waals surface area contributed by atoms with E-state index in [1.807, 2.05) is 142 Å². The number of carbonyl (C=O) groups is 8. The highest BCUT2D eigenvalue weighted by Crippen LogP contribution is 2.46. The monoisotopic (exact) mass is 2010 g/mol. The van der Waals surface area contributed by atoms with Crippen molar-refractivity contribution < 1.29 is 105 Å². The second kappa shape index (κ2) is 51.9. The third-order valence-corrected chi connectivity index (χ3v) is 29.7. The zero-order valence-electron chi connectivity index (χ0n) is 86.0. The number of cyclic esters (lactones) is 1. The van der Waals surface area contributed by atoms with Gasteiger partial charge in [-0.1, -0.05) is 101 Å². The lowest BCUT2D eigenvalue weighted by Gasteiger charge is -2.42. The van der Waals surface area contributed by atoms with Crippen LogP contribution < -0.4 is 15.1 Å². The number of hydrogen-bond acceptors (Lipinski definition) is 32. The summed E-state index contributed by atoms with van der Waals surface area (Å²) in [6.45, 7) is 25.6. The number of benzene rings is 2. The number of nitrogens with one attached hydrogen (secondary N) is 1. The summed E-state index contributed by atoms with van der Waals surface area (Å²) in [6.07, 6.45) is 21.8. The zero-order valence-corrected chi connectivity index (χ0v) is 86.9. The number of anilines is 3. The van der Waals surface area contributed by atoms with Crippen LogP contribution in [0, 0.1) is 35.5 Å². The Morgan fingerprint density at radius 2 is 1.25 bits per heavy atom. The first-order valence-corrected chi connectivity index (χ1v) is 53.1. The van der Waals surface area contributed by atoms with Gasteiger partial charge in [-0.3, -0.25) is 43.7 Å². The minimum absolute atomic E-state index is 0.0117. The minimum atomic E-state index is -2.79. The average Bonchev–Trinajstić information content (AvgIpc) is 1.18.